The van der Waals surface area contributed by atoms with Gasteiger partial charge in [0.25, 0.3) is 0 Å². The number of nitrogens with one attached hydrogen (secondary N) is 2. The fourth-order valence-electron chi connectivity index (χ4n) is 2.47. The summed E-state index contributed by atoms with van der Waals surface area (Å²) in [5.41, 5.74) is 0. The maximum absolute atomic E-state index is 12.0. The molecule has 20 heavy (non-hydrogen) atoms. The lowest BCUT2D eigenvalue weighted by Crippen LogP contribution is -2.45. The van der Waals surface area contributed by atoms with Gasteiger partial charge in [-0.2, -0.15) is 0 Å². The van der Waals surface area contributed by atoms with Gasteiger partial charge in [-0.25, -0.2) is 0 Å². The smallest absolute Gasteiger partial charge is 0.241 e. The second kappa shape index (κ2) is 8.95. The van der Waals surface area contributed by atoms with Crippen LogP contribution in [0.5, 0.6) is 0 Å². The molecule has 2 N–H and O–H groups in total. The number of carbonyl (C=O) groups excluding carboxylic acids is 2. The van der Waals surface area contributed by atoms with Crippen molar-refractivity contribution in [2.75, 3.05) is 33.2 Å². The van der Waals surface area contributed by atoms with Crippen molar-refractivity contribution in [3.63, 3.8) is 0 Å². The Labute approximate surface area is 122 Å². The van der Waals surface area contributed by atoms with Crippen molar-refractivity contribution in [2.24, 2.45) is 11.8 Å². The third-order valence-electron chi connectivity index (χ3n) is 3.85. The van der Waals surface area contributed by atoms with Crippen LogP contribution in [0.2, 0.25) is 0 Å². The summed E-state index contributed by atoms with van der Waals surface area (Å²) < 4.78 is 0. The normalized spacial score (nSPS) is 16.5. The molecule has 116 valence electrons. The SMILES string of the molecule is CNCC1CCN(C(=O)CNC(=O)CCC(C)C)CC1. The van der Waals surface area contributed by atoms with Gasteiger partial charge in [-0.1, -0.05) is 13.8 Å². The number of amides is 2. The molecular formula is C15H29N3O2. The predicted molar refractivity (Wildman–Crippen MR) is 80.3 cm³/mol. The number of likely N-dealkylation sites (tertiary alicyclic amines) is 1. The van der Waals surface area contributed by atoms with Crippen LogP contribution in [0.1, 0.15) is 39.5 Å². The van der Waals surface area contributed by atoms with Crippen molar-refractivity contribution in [1.82, 2.24) is 15.5 Å². The molecule has 0 radical (unpaired) electrons. The van der Waals surface area contributed by atoms with Crippen LogP contribution >= 0.6 is 0 Å². The van der Waals surface area contributed by atoms with E-state index in [0.717, 1.165) is 38.9 Å². The van der Waals surface area contributed by atoms with Crippen LogP contribution in [0.25, 0.3) is 0 Å². The minimum absolute atomic E-state index is 0.0166. The summed E-state index contributed by atoms with van der Waals surface area (Å²) in [4.78, 5) is 25.5. The fraction of sp³-hybridized carbons (Fsp3) is 0.867. The number of piperidine rings is 1. The quantitative estimate of drug-likeness (QED) is 0.732. The van der Waals surface area contributed by atoms with Crippen molar-refractivity contribution in [2.45, 2.75) is 39.5 Å². The first kappa shape index (κ1) is 17.0. The number of rotatable bonds is 7. The van der Waals surface area contributed by atoms with Crippen LogP contribution in [-0.4, -0.2) is 49.9 Å². The van der Waals surface area contributed by atoms with Gasteiger partial charge < -0.3 is 15.5 Å². The molecule has 1 aliphatic rings. The highest BCUT2D eigenvalue weighted by Crippen LogP contribution is 2.16. The van der Waals surface area contributed by atoms with Crippen LogP contribution < -0.4 is 10.6 Å². The van der Waals surface area contributed by atoms with E-state index < -0.39 is 0 Å². The van der Waals surface area contributed by atoms with Crippen LogP contribution in [0.3, 0.4) is 0 Å². The zero-order valence-corrected chi connectivity index (χ0v) is 13.1. The monoisotopic (exact) mass is 283 g/mol. The Hall–Kier alpha value is -1.10. The van der Waals surface area contributed by atoms with Crippen LogP contribution in [-0.2, 0) is 9.59 Å². The summed E-state index contributed by atoms with van der Waals surface area (Å²) in [5.74, 6) is 1.22. The maximum Gasteiger partial charge on any atom is 0.241 e. The largest absolute Gasteiger partial charge is 0.347 e. The van der Waals surface area contributed by atoms with E-state index in [-0.39, 0.29) is 18.4 Å². The second-order valence-electron chi connectivity index (χ2n) is 6.09. The molecule has 0 aliphatic carbocycles. The first-order valence-electron chi connectivity index (χ1n) is 7.72. The standard InChI is InChI=1S/C15H29N3O2/c1-12(2)4-5-14(19)17-11-15(20)18-8-6-13(7-9-18)10-16-3/h12-13,16H,4-11H2,1-3H3,(H,17,19). The minimum atomic E-state index is -0.0166. The van der Waals surface area contributed by atoms with E-state index in [0.29, 0.717) is 18.3 Å². The van der Waals surface area contributed by atoms with Gasteiger partial charge in [-0.05, 0) is 44.7 Å². The molecule has 1 saturated heterocycles. The summed E-state index contributed by atoms with van der Waals surface area (Å²) >= 11 is 0. The molecule has 5 heteroatoms. The molecule has 5 nitrogen and oxygen atoms in total. The third-order valence-corrected chi connectivity index (χ3v) is 3.85. The van der Waals surface area contributed by atoms with Gasteiger partial charge in [0.15, 0.2) is 0 Å². The summed E-state index contributed by atoms with van der Waals surface area (Å²) in [7, 11) is 1.96. The van der Waals surface area contributed by atoms with Crippen molar-refractivity contribution in [3.8, 4) is 0 Å². The predicted octanol–water partition coefficient (Wildman–Crippen LogP) is 0.997. The van der Waals surface area contributed by atoms with Crippen LogP contribution in [0, 0.1) is 11.8 Å². The molecule has 0 aromatic rings. The molecule has 0 bridgehead atoms. The highest BCUT2D eigenvalue weighted by Gasteiger charge is 2.22. The average molecular weight is 283 g/mol. The molecule has 0 aromatic carbocycles. The van der Waals surface area contributed by atoms with Crippen LogP contribution in [0.15, 0.2) is 0 Å². The zero-order valence-electron chi connectivity index (χ0n) is 13.1. The summed E-state index contributed by atoms with van der Waals surface area (Å²) in [6, 6.07) is 0. The third kappa shape index (κ3) is 6.37. The molecule has 2 amide bonds. The van der Waals surface area contributed by atoms with E-state index in [4.69, 9.17) is 0 Å². The molecular weight excluding hydrogens is 254 g/mol. The Morgan fingerprint density at radius 3 is 2.45 bits per heavy atom. The van der Waals surface area contributed by atoms with Gasteiger partial charge in [-0.3, -0.25) is 9.59 Å². The Kier molecular flexibility index (Phi) is 7.59. The van der Waals surface area contributed by atoms with E-state index in [2.05, 4.69) is 24.5 Å². The molecule has 1 rings (SSSR count). The van der Waals surface area contributed by atoms with E-state index >= 15 is 0 Å². The maximum atomic E-state index is 12.0. The van der Waals surface area contributed by atoms with E-state index in [9.17, 15) is 9.59 Å². The lowest BCUT2D eigenvalue weighted by Gasteiger charge is -2.32. The molecule has 1 heterocycles. The van der Waals surface area contributed by atoms with Gasteiger partial charge in [0, 0.05) is 19.5 Å². The van der Waals surface area contributed by atoms with Crippen molar-refractivity contribution < 1.29 is 9.59 Å². The lowest BCUT2D eigenvalue weighted by atomic mass is 9.97. The first-order chi connectivity index (χ1) is 9.52. The molecule has 1 fully saturated rings. The average Bonchev–Trinajstić information content (AvgIpc) is 2.43. The number of hydrogen-bond acceptors (Lipinski definition) is 3. The van der Waals surface area contributed by atoms with Crippen molar-refractivity contribution in [3.05, 3.63) is 0 Å². The lowest BCUT2D eigenvalue weighted by molar-refractivity contribution is -0.134. The molecule has 0 atom stereocenters. The highest BCUT2D eigenvalue weighted by atomic mass is 16.2. The van der Waals surface area contributed by atoms with Gasteiger partial charge >= 0.3 is 0 Å². The van der Waals surface area contributed by atoms with Gasteiger partial charge in [0.2, 0.25) is 11.8 Å². The number of carbonyl (C=O) groups is 2. The topological polar surface area (TPSA) is 61.4 Å². The van der Waals surface area contributed by atoms with E-state index in [1.54, 1.807) is 0 Å². The van der Waals surface area contributed by atoms with Crippen LogP contribution in [0.4, 0.5) is 0 Å². The minimum Gasteiger partial charge on any atom is -0.347 e. The van der Waals surface area contributed by atoms with E-state index in [1.165, 1.54) is 0 Å². The van der Waals surface area contributed by atoms with Gasteiger partial charge in [0.05, 0.1) is 6.54 Å². The number of nitrogens with zero attached hydrogens (tertiary/aromatic N) is 1. The highest BCUT2D eigenvalue weighted by molar-refractivity contribution is 5.84. The summed E-state index contributed by atoms with van der Waals surface area (Å²) in [6.45, 7) is 6.98. The second-order valence-corrected chi connectivity index (χ2v) is 6.09. The van der Waals surface area contributed by atoms with Gasteiger partial charge in [0.1, 0.15) is 0 Å². The molecule has 0 spiro atoms. The molecule has 1 aliphatic heterocycles. The Morgan fingerprint density at radius 2 is 1.90 bits per heavy atom. The molecule has 0 aromatic heterocycles. The van der Waals surface area contributed by atoms with Crippen molar-refractivity contribution in [1.29, 1.82) is 0 Å². The Balaban J connectivity index is 2.18. The van der Waals surface area contributed by atoms with Crippen molar-refractivity contribution >= 4 is 11.8 Å². The Morgan fingerprint density at radius 1 is 1.25 bits per heavy atom. The Bertz CT molecular complexity index is 310. The fourth-order valence-corrected chi connectivity index (χ4v) is 2.47. The van der Waals surface area contributed by atoms with Gasteiger partial charge in [-0.15, -0.1) is 0 Å². The summed E-state index contributed by atoms with van der Waals surface area (Å²) in [5, 5.41) is 5.91. The summed E-state index contributed by atoms with van der Waals surface area (Å²) in [6.07, 6.45) is 3.48. The van der Waals surface area contributed by atoms with E-state index in [1.807, 2.05) is 11.9 Å². The first-order valence-corrected chi connectivity index (χ1v) is 7.72. The number of hydrogen-bond donors (Lipinski definition) is 2. The molecule has 0 saturated carbocycles. The zero-order chi connectivity index (χ0) is 15.0. The molecule has 0 unspecified atom stereocenters.